The number of rotatable bonds is 8. The van der Waals surface area contributed by atoms with Gasteiger partial charge in [-0.25, -0.2) is 23.5 Å². The number of nitrogens with one attached hydrogen (secondary N) is 2. The second kappa shape index (κ2) is 10.5. The first-order chi connectivity index (χ1) is 16.2. The third-order valence-electron chi connectivity index (χ3n) is 4.34. The summed E-state index contributed by atoms with van der Waals surface area (Å²) in [7, 11) is -0.614. The zero-order valence-corrected chi connectivity index (χ0v) is 19.3. The number of benzene rings is 2. The van der Waals surface area contributed by atoms with Gasteiger partial charge < -0.3 is 9.47 Å². The molecule has 0 bridgehead atoms. The van der Waals surface area contributed by atoms with Gasteiger partial charge in [0.15, 0.2) is 0 Å². The van der Waals surface area contributed by atoms with Crippen molar-refractivity contribution in [1.82, 2.24) is 20.1 Å². The number of hydrogen-bond donors (Lipinski definition) is 2. The van der Waals surface area contributed by atoms with Crippen LogP contribution in [-0.2, 0) is 10.0 Å². The van der Waals surface area contributed by atoms with Crippen LogP contribution in [0.2, 0.25) is 0 Å². The van der Waals surface area contributed by atoms with Gasteiger partial charge in [-0.2, -0.15) is 5.10 Å². The van der Waals surface area contributed by atoms with Gasteiger partial charge in [0.05, 0.1) is 44.8 Å². The Morgan fingerprint density at radius 1 is 0.971 bits per heavy atom. The van der Waals surface area contributed by atoms with E-state index in [0.717, 1.165) is 6.26 Å². The molecule has 11 nitrogen and oxygen atoms in total. The molecule has 0 unspecified atom stereocenters. The lowest BCUT2D eigenvalue weighted by atomic mass is 10.1. The monoisotopic (exact) mass is 483 g/mol. The molecule has 34 heavy (non-hydrogen) atoms. The third-order valence-corrected chi connectivity index (χ3v) is 4.90. The number of nitrogens with zero attached hydrogens (tertiary/aromatic N) is 3. The Morgan fingerprint density at radius 3 is 2.21 bits per heavy atom. The highest BCUT2D eigenvalue weighted by Gasteiger charge is 2.13. The molecule has 0 spiro atoms. The predicted molar refractivity (Wildman–Crippen MR) is 124 cm³/mol. The lowest BCUT2D eigenvalue weighted by Gasteiger charge is -2.06. The first-order valence-corrected chi connectivity index (χ1v) is 11.6. The molecule has 0 atom stereocenters. The van der Waals surface area contributed by atoms with Gasteiger partial charge in [-0.3, -0.25) is 14.6 Å². The number of aromatic nitrogens is 2. The molecule has 0 saturated heterocycles. The summed E-state index contributed by atoms with van der Waals surface area (Å²) in [4.78, 5) is 32.7. The van der Waals surface area contributed by atoms with Crippen molar-refractivity contribution < 1.29 is 27.5 Å². The Labute approximate surface area is 195 Å². The van der Waals surface area contributed by atoms with E-state index in [1.54, 1.807) is 30.3 Å². The van der Waals surface area contributed by atoms with Crippen LogP contribution >= 0.6 is 0 Å². The molecule has 0 fully saturated rings. The van der Waals surface area contributed by atoms with E-state index in [0.29, 0.717) is 28.3 Å². The molecule has 0 aliphatic heterocycles. The van der Waals surface area contributed by atoms with Crippen molar-refractivity contribution in [3.05, 3.63) is 71.7 Å². The van der Waals surface area contributed by atoms with E-state index in [-0.39, 0.29) is 11.3 Å². The van der Waals surface area contributed by atoms with Crippen molar-refractivity contribution in [3.63, 3.8) is 0 Å². The standard InChI is InChI=1S/C22H21N5O6S/c1-32-17-8-14(9-18(10-17)33-2)11-24-26-22(29)20-13-23-12-19(25-20)15-4-6-16(7-5-15)21(28)27-34(3,30)31/h4-13H,1-3H3,(H,26,29)(H,27,28)/b24-11+. The minimum Gasteiger partial charge on any atom is -0.497 e. The quantitative estimate of drug-likeness (QED) is 0.363. The second-order valence-electron chi connectivity index (χ2n) is 6.92. The van der Waals surface area contributed by atoms with Gasteiger partial charge in [0, 0.05) is 22.8 Å². The third kappa shape index (κ3) is 6.59. The predicted octanol–water partition coefficient (Wildman–Crippen LogP) is 1.61. The van der Waals surface area contributed by atoms with E-state index >= 15 is 0 Å². The molecule has 1 aromatic heterocycles. The molecular formula is C22H21N5O6S. The molecular weight excluding hydrogens is 462 g/mol. The fourth-order valence-corrected chi connectivity index (χ4v) is 3.22. The highest BCUT2D eigenvalue weighted by atomic mass is 32.2. The van der Waals surface area contributed by atoms with Crippen molar-refractivity contribution >= 4 is 28.1 Å². The number of hydrazone groups is 1. The SMILES string of the molecule is COc1cc(/C=N/NC(=O)c2cncc(-c3ccc(C(=O)NS(C)(=O)=O)cc3)n2)cc(OC)c1. The summed E-state index contributed by atoms with van der Waals surface area (Å²) in [6.45, 7) is 0. The van der Waals surface area contributed by atoms with Gasteiger partial charge in [0.2, 0.25) is 10.0 Å². The van der Waals surface area contributed by atoms with E-state index in [4.69, 9.17) is 9.47 Å². The van der Waals surface area contributed by atoms with Crippen LogP contribution in [0.1, 0.15) is 26.4 Å². The smallest absolute Gasteiger partial charge is 0.291 e. The summed E-state index contributed by atoms with van der Waals surface area (Å²) in [6.07, 6.45) is 5.06. The lowest BCUT2D eigenvalue weighted by molar-refractivity contribution is 0.0948. The number of amides is 2. The summed E-state index contributed by atoms with van der Waals surface area (Å²) in [5.41, 5.74) is 4.16. The molecule has 2 N–H and O–H groups in total. The van der Waals surface area contributed by atoms with Crippen LogP contribution in [-0.4, -0.2) is 56.9 Å². The number of sulfonamides is 1. The van der Waals surface area contributed by atoms with Crippen LogP contribution in [0.15, 0.2) is 60.0 Å². The molecule has 2 amide bonds. The number of carbonyl (C=O) groups is 2. The highest BCUT2D eigenvalue weighted by molar-refractivity contribution is 7.89. The molecule has 0 aliphatic rings. The van der Waals surface area contributed by atoms with Crippen molar-refractivity contribution in [2.45, 2.75) is 0 Å². The lowest BCUT2D eigenvalue weighted by Crippen LogP contribution is -2.29. The first kappa shape index (κ1) is 24.3. The largest absolute Gasteiger partial charge is 0.497 e. The van der Waals surface area contributed by atoms with Gasteiger partial charge in [0.25, 0.3) is 11.8 Å². The van der Waals surface area contributed by atoms with Gasteiger partial charge in [-0.1, -0.05) is 12.1 Å². The van der Waals surface area contributed by atoms with E-state index in [1.165, 1.54) is 45.0 Å². The van der Waals surface area contributed by atoms with Crippen LogP contribution in [0.5, 0.6) is 11.5 Å². The van der Waals surface area contributed by atoms with E-state index in [9.17, 15) is 18.0 Å². The van der Waals surface area contributed by atoms with E-state index in [2.05, 4.69) is 20.5 Å². The summed E-state index contributed by atoms with van der Waals surface area (Å²) in [6, 6.07) is 11.2. The molecule has 1 heterocycles. The summed E-state index contributed by atoms with van der Waals surface area (Å²) < 4.78 is 34.7. The molecule has 2 aromatic carbocycles. The topological polar surface area (TPSA) is 149 Å². The molecule has 0 aliphatic carbocycles. The van der Waals surface area contributed by atoms with Gasteiger partial charge in [-0.15, -0.1) is 0 Å². The Kier molecular flexibility index (Phi) is 7.53. The zero-order chi connectivity index (χ0) is 24.7. The Morgan fingerprint density at radius 2 is 1.62 bits per heavy atom. The maximum Gasteiger partial charge on any atom is 0.291 e. The van der Waals surface area contributed by atoms with Crippen LogP contribution in [0, 0.1) is 0 Å². The highest BCUT2D eigenvalue weighted by Crippen LogP contribution is 2.21. The van der Waals surface area contributed by atoms with Crippen LogP contribution in [0.3, 0.4) is 0 Å². The zero-order valence-electron chi connectivity index (χ0n) is 18.5. The van der Waals surface area contributed by atoms with Crippen LogP contribution in [0.25, 0.3) is 11.3 Å². The van der Waals surface area contributed by atoms with Gasteiger partial charge in [-0.05, 0) is 24.3 Å². The van der Waals surface area contributed by atoms with E-state index in [1.807, 2.05) is 4.72 Å². The van der Waals surface area contributed by atoms with Crippen LogP contribution in [0.4, 0.5) is 0 Å². The molecule has 176 valence electrons. The number of hydrogen-bond acceptors (Lipinski definition) is 9. The number of methoxy groups -OCH3 is 2. The molecule has 0 saturated carbocycles. The van der Waals surface area contributed by atoms with Gasteiger partial charge in [0.1, 0.15) is 17.2 Å². The first-order valence-electron chi connectivity index (χ1n) is 9.69. The second-order valence-corrected chi connectivity index (χ2v) is 8.66. The van der Waals surface area contributed by atoms with Crippen molar-refractivity contribution in [2.75, 3.05) is 20.5 Å². The fourth-order valence-electron chi connectivity index (χ4n) is 2.76. The Balaban J connectivity index is 1.71. The van der Waals surface area contributed by atoms with Crippen LogP contribution < -0.4 is 19.6 Å². The summed E-state index contributed by atoms with van der Waals surface area (Å²) in [5.74, 6) is -0.180. The number of carbonyl (C=O) groups excluding carboxylic acids is 2. The summed E-state index contributed by atoms with van der Waals surface area (Å²) >= 11 is 0. The number of ether oxygens (including phenoxy) is 2. The Hall–Kier alpha value is -4.32. The van der Waals surface area contributed by atoms with Crippen molar-refractivity contribution in [3.8, 4) is 22.8 Å². The molecule has 3 rings (SSSR count). The van der Waals surface area contributed by atoms with Gasteiger partial charge >= 0.3 is 0 Å². The minimum absolute atomic E-state index is 0.0248. The average Bonchev–Trinajstić information content (AvgIpc) is 2.82. The average molecular weight is 484 g/mol. The summed E-state index contributed by atoms with van der Waals surface area (Å²) in [5, 5.41) is 3.93. The fraction of sp³-hybridized carbons (Fsp3) is 0.136. The normalized spacial score (nSPS) is 11.1. The molecule has 3 aromatic rings. The maximum absolute atomic E-state index is 12.5. The van der Waals surface area contributed by atoms with Crippen molar-refractivity contribution in [2.24, 2.45) is 5.10 Å². The van der Waals surface area contributed by atoms with Crippen molar-refractivity contribution in [1.29, 1.82) is 0 Å². The minimum atomic E-state index is -3.67. The van der Waals surface area contributed by atoms with E-state index < -0.39 is 21.8 Å². The maximum atomic E-state index is 12.5. The molecule has 0 radical (unpaired) electrons. The molecule has 12 heteroatoms. The Bertz CT molecular complexity index is 1320.